The van der Waals surface area contributed by atoms with E-state index in [0.29, 0.717) is 0 Å². The Balaban J connectivity index is 2.75. The third kappa shape index (κ3) is 1.76. The first-order valence-electron chi connectivity index (χ1n) is 5.56. The van der Waals surface area contributed by atoms with Crippen molar-refractivity contribution in [1.82, 2.24) is 0 Å². The molecule has 5 nitrogen and oxygen atoms in total. The van der Waals surface area contributed by atoms with Crippen molar-refractivity contribution in [2.75, 3.05) is 0 Å². The van der Waals surface area contributed by atoms with Crippen LogP contribution in [0.3, 0.4) is 0 Å². The predicted octanol–water partition coefficient (Wildman–Crippen LogP) is 1.11. The molecular formula is C13H14O5. The fourth-order valence-corrected chi connectivity index (χ4v) is 2.67. The Morgan fingerprint density at radius 2 is 2.00 bits per heavy atom. The third-order valence-electron chi connectivity index (χ3n) is 3.27. The summed E-state index contributed by atoms with van der Waals surface area (Å²) in [5, 5.41) is 29.4. The van der Waals surface area contributed by atoms with Crippen LogP contribution >= 0.6 is 0 Å². The Bertz CT molecular complexity index is 545. The number of rotatable bonds is 1. The van der Waals surface area contributed by atoms with Gasteiger partial charge in [-0.1, -0.05) is 0 Å². The van der Waals surface area contributed by atoms with Gasteiger partial charge in [-0.05, 0) is 25.5 Å². The van der Waals surface area contributed by atoms with Crippen molar-refractivity contribution in [3.05, 3.63) is 23.3 Å². The van der Waals surface area contributed by atoms with Crippen LogP contribution in [0.5, 0.6) is 11.5 Å². The SMILES string of the molecule is CC(=O)C1c2cc(O)cc(O)c2C(=O)CC1(C)O. The molecule has 1 aromatic carbocycles. The predicted molar refractivity (Wildman–Crippen MR) is 62.8 cm³/mol. The van der Waals surface area contributed by atoms with Crippen molar-refractivity contribution < 1.29 is 24.9 Å². The van der Waals surface area contributed by atoms with Crippen LogP contribution in [-0.2, 0) is 4.79 Å². The quantitative estimate of drug-likeness (QED) is 0.694. The summed E-state index contributed by atoms with van der Waals surface area (Å²) < 4.78 is 0. The molecule has 0 fully saturated rings. The van der Waals surface area contributed by atoms with Crippen molar-refractivity contribution in [3.8, 4) is 11.5 Å². The lowest BCUT2D eigenvalue weighted by molar-refractivity contribution is -0.124. The van der Waals surface area contributed by atoms with Gasteiger partial charge in [-0.15, -0.1) is 0 Å². The molecule has 0 radical (unpaired) electrons. The first-order chi connectivity index (χ1) is 8.24. The van der Waals surface area contributed by atoms with Crippen LogP contribution in [-0.4, -0.2) is 32.5 Å². The first-order valence-corrected chi connectivity index (χ1v) is 5.56. The van der Waals surface area contributed by atoms with Crippen molar-refractivity contribution in [2.24, 2.45) is 0 Å². The van der Waals surface area contributed by atoms with E-state index in [9.17, 15) is 24.9 Å². The molecule has 1 aromatic rings. The third-order valence-corrected chi connectivity index (χ3v) is 3.27. The molecular weight excluding hydrogens is 236 g/mol. The minimum Gasteiger partial charge on any atom is -0.508 e. The topological polar surface area (TPSA) is 94.8 Å². The number of Topliss-reactive ketones (excluding diaryl/α,β-unsaturated/α-hetero) is 2. The highest BCUT2D eigenvalue weighted by Crippen LogP contribution is 2.44. The van der Waals surface area contributed by atoms with Gasteiger partial charge in [0.2, 0.25) is 0 Å². The summed E-state index contributed by atoms with van der Waals surface area (Å²) >= 11 is 0. The van der Waals surface area contributed by atoms with E-state index in [1.165, 1.54) is 19.9 Å². The number of fused-ring (bicyclic) bond motifs is 1. The largest absolute Gasteiger partial charge is 0.508 e. The van der Waals surface area contributed by atoms with Gasteiger partial charge in [-0.25, -0.2) is 0 Å². The minimum atomic E-state index is -1.50. The van der Waals surface area contributed by atoms with Gasteiger partial charge < -0.3 is 15.3 Å². The van der Waals surface area contributed by atoms with Crippen molar-refractivity contribution >= 4 is 11.6 Å². The highest BCUT2D eigenvalue weighted by atomic mass is 16.3. The minimum absolute atomic E-state index is 0.0134. The number of phenols is 2. The number of carbonyl (C=O) groups excluding carboxylic acids is 2. The summed E-state index contributed by atoms with van der Waals surface area (Å²) in [4.78, 5) is 23.6. The van der Waals surface area contributed by atoms with Gasteiger partial charge in [-0.2, -0.15) is 0 Å². The Kier molecular flexibility index (Phi) is 2.66. The lowest BCUT2D eigenvalue weighted by atomic mass is 9.70. The maximum absolute atomic E-state index is 11.9. The highest BCUT2D eigenvalue weighted by molar-refractivity contribution is 6.05. The van der Waals surface area contributed by atoms with Crippen molar-refractivity contribution in [3.63, 3.8) is 0 Å². The van der Waals surface area contributed by atoms with E-state index >= 15 is 0 Å². The molecule has 18 heavy (non-hydrogen) atoms. The molecule has 0 heterocycles. The zero-order chi connectivity index (χ0) is 13.7. The molecule has 0 aliphatic heterocycles. The average molecular weight is 250 g/mol. The summed E-state index contributed by atoms with van der Waals surface area (Å²) in [5.41, 5.74) is -1.31. The van der Waals surface area contributed by atoms with Gasteiger partial charge in [0.05, 0.1) is 17.1 Å². The zero-order valence-corrected chi connectivity index (χ0v) is 10.1. The molecule has 1 aliphatic carbocycles. The molecule has 0 bridgehead atoms. The number of hydrogen-bond acceptors (Lipinski definition) is 5. The van der Waals surface area contributed by atoms with Crippen LogP contribution in [0.15, 0.2) is 12.1 Å². The molecule has 5 heteroatoms. The summed E-state index contributed by atoms with van der Waals surface area (Å²) in [6, 6.07) is 2.29. The molecule has 1 aliphatic rings. The number of aliphatic hydroxyl groups is 1. The molecule has 3 N–H and O–H groups in total. The number of benzene rings is 1. The number of aromatic hydroxyl groups is 2. The second-order valence-corrected chi connectivity index (χ2v) is 4.93. The van der Waals surface area contributed by atoms with Crippen LogP contribution in [0.1, 0.15) is 42.1 Å². The van der Waals surface area contributed by atoms with Gasteiger partial charge in [0.1, 0.15) is 17.3 Å². The van der Waals surface area contributed by atoms with Crippen LogP contribution in [0.4, 0.5) is 0 Å². The van der Waals surface area contributed by atoms with Crippen LogP contribution in [0.25, 0.3) is 0 Å². The lowest BCUT2D eigenvalue weighted by Crippen LogP contribution is -2.43. The smallest absolute Gasteiger partial charge is 0.169 e. The average Bonchev–Trinajstić information content (AvgIpc) is 2.11. The van der Waals surface area contributed by atoms with E-state index in [4.69, 9.17) is 0 Å². The molecule has 0 saturated heterocycles. The van der Waals surface area contributed by atoms with Gasteiger partial charge in [0.25, 0.3) is 0 Å². The Hall–Kier alpha value is -1.88. The Labute approximate surface area is 104 Å². The Morgan fingerprint density at radius 3 is 2.56 bits per heavy atom. The molecule has 2 unspecified atom stereocenters. The van der Waals surface area contributed by atoms with Crippen LogP contribution < -0.4 is 0 Å². The van der Waals surface area contributed by atoms with E-state index in [1.807, 2.05) is 0 Å². The monoisotopic (exact) mass is 250 g/mol. The van der Waals surface area contributed by atoms with E-state index in [2.05, 4.69) is 0 Å². The Morgan fingerprint density at radius 1 is 1.39 bits per heavy atom. The molecule has 0 spiro atoms. The normalized spacial score (nSPS) is 26.8. The summed E-state index contributed by atoms with van der Waals surface area (Å²) in [6.07, 6.45) is -0.234. The molecule has 0 amide bonds. The van der Waals surface area contributed by atoms with E-state index in [-0.39, 0.29) is 34.8 Å². The standard InChI is InChI=1S/C13H14O5/c1-6(14)12-8-3-7(15)4-9(16)11(8)10(17)5-13(12,2)18/h3-4,12,15-16,18H,5H2,1-2H3. The number of hydrogen-bond donors (Lipinski definition) is 3. The van der Waals surface area contributed by atoms with Crippen molar-refractivity contribution in [1.29, 1.82) is 0 Å². The van der Waals surface area contributed by atoms with Crippen LogP contribution in [0, 0.1) is 0 Å². The fourth-order valence-electron chi connectivity index (χ4n) is 2.67. The summed E-state index contributed by atoms with van der Waals surface area (Å²) in [6.45, 7) is 2.71. The molecule has 2 rings (SSSR count). The molecule has 0 aromatic heterocycles. The highest BCUT2D eigenvalue weighted by Gasteiger charge is 2.45. The lowest BCUT2D eigenvalue weighted by Gasteiger charge is -2.36. The van der Waals surface area contributed by atoms with Gasteiger partial charge in [0.15, 0.2) is 5.78 Å². The molecule has 0 saturated carbocycles. The molecule has 2 atom stereocenters. The fraction of sp³-hybridized carbons (Fsp3) is 0.385. The number of phenolic OH excluding ortho intramolecular Hbond substituents is 2. The van der Waals surface area contributed by atoms with Gasteiger partial charge in [-0.3, -0.25) is 9.59 Å². The summed E-state index contributed by atoms with van der Waals surface area (Å²) in [5.74, 6) is -2.30. The maximum Gasteiger partial charge on any atom is 0.169 e. The zero-order valence-electron chi connectivity index (χ0n) is 10.1. The van der Waals surface area contributed by atoms with E-state index in [1.54, 1.807) is 0 Å². The number of ketones is 2. The maximum atomic E-state index is 11.9. The summed E-state index contributed by atoms with van der Waals surface area (Å²) in [7, 11) is 0. The van der Waals surface area contributed by atoms with Crippen molar-refractivity contribution in [2.45, 2.75) is 31.8 Å². The van der Waals surface area contributed by atoms with Crippen LogP contribution in [0.2, 0.25) is 0 Å². The van der Waals surface area contributed by atoms with Gasteiger partial charge in [0, 0.05) is 12.5 Å². The number of carbonyl (C=O) groups is 2. The van der Waals surface area contributed by atoms with Gasteiger partial charge >= 0.3 is 0 Å². The molecule has 96 valence electrons. The second-order valence-electron chi connectivity index (χ2n) is 4.93. The second kappa shape index (κ2) is 3.81. The first kappa shape index (κ1) is 12.6. The van der Waals surface area contributed by atoms with E-state index in [0.717, 1.165) is 6.07 Å². The van der Waals surface area contributed by atoms with E-state index < -0.39 is 17.3 Å².